The van der Waals surface area contributed by atoms with Crippen molar-refractivity contribution in [3.05, 3.63) is 42.2 Å². The molecule has 0 aliphatic carbocycles. The van der Waals surface area contributed by atoms with Gasteiger partial charge >= 0.3 is 6.03 Å². The molecule has 0 radical (unpaired) electrons. The number of Topliss-reactive ketones (excluding diaryl/α,β-unsaturated/α-hetero) is 1. The Morgan fingerprint density at radius 3 is 2.69 bits per heavy atom. The number of carbonyl (C=O) groups excluding carboxylic acids is 6. The minimum Gasteiger partial charge on any atom is -0.344 e. The van der Waals surface area contributed by atoms with Gasteiger partial charge in [0.15, 0.2) is 0 Å². The maximum atomic E-state index is 13.5. The molecule has 1 aromatic carbocycles. The van der Waals surface area contributed by atoms with Gasteiger partial charge in [0.1, 0.15) is 23.8 Å². The standard InChI is InChI=1S/C24H26N6O6/c1-15(32)13-17(14-31)26-22(34)19-7-4-11-29-20(33)9-12-28(24(36)30(19)29)27-23(35)21-18-6-3-2-5-16(18)8-10-25-21/h2-3,5-6,8,10,14,17,19H,4,7,9,11-13H2,1H3,(H,26,34)(H,27,35). The quantitative estimate of drug-likeness (QED) is 0.535. The van der Waals surface area contributed by atoms with Crippen LogP contribution < -0.4 is 10.7 Å². The Balaban J connectivity index is 1.57. The highest BCUT2D eigenvalue weighted by Gasteiger charge is 2.44. The average molecular weight is 495 g/mol. The number of benzene rings is 1. The molecule has 2 fully saturated rings. The highest BCUT2D eigenvalue weighted by Crippen LogP contribution is 2.24. The number of aromatic nitrogens is 1. The van der Waals surface area contributed by atoms with E-state index < -0.39 is 29.9 Å². The number of ketones is 1. The van der Waals surface area contributed by atoms with Gasteiger partial charge in [-0.3, -0.25) is 29.6 Å². The molecule has 36 heavy (non-hydrogen) atoms. The highest BCUT2D eigenvalue weighted by atomic mass is 16.2. The molecule has 2 saturated heterocycles. The summed E-state index contributed by atoms with van der Waals surface area (Å²) in [6.45, 7) is 1.43. The number of fused-ring (bicyclic) bond motifs is 2. The lowest BCUT2D eigenvalue weighted by Gasteiger charge is -2.42. The van der Waals surface area contributed by atoms with Crippen molar-refractivity contribution in [2.24, 2.45) is 0 Å². The molecule has 2 N–H and O–H groups in total. The lowest BCUT2D eigenvalue weighted by Crippen LogP contribution is -2.64. The summed E-state index contributed by atoms with van der Waals surface area (Å²) in [7, 11) is 0. The van der Waals surface area contributed by atoms with Crippen LogP contribution in [0.4, 0.5) is 4.79 Å². The van der Waals surface area contributed by atoms with Gasteiger partial charge < -0.3 is 10.1 Å². The first-order chi connectivity index (χ1) is 17.3. The Kier molecular flexibility index (Phi) is 7.23. The molecule has 2 atom stereocenters. The molecule has 5 amide bonds. The van der Waals surface area contributed by atoms with E-state index in [0.29, 0.717) is 18.1 Å². The van der Waals surface area contributed by atoms with Gasteiger partial charge in [0.05, 0.1) is 12.6 Å². The van der Waals surface area contributed by atoms with E-state index in [9.17, 15) is 28.8 Å². The van der Waals surface area contributed by atoms with Crippen LogP contribution in [0.15, 0.2) is 36.5 Å². The zero-order valence-electron chi connectivity index (χ0n) is 19.7. The van der Waals surface area contributed by atoms with Crippen LogP contribution in [0.5, 0.6) is 0 Å². The normalized spacial score (nSPS) is 18.8. The smallest absolute Gasteiger partial charge is 0.344 e. The van der Waals surface area contributed by atoms with E-state index in [1.807, 2.05) is 12.1 Å². The molecule has 12 heteroatoms. The van der Waals surface area contributed by atoms with Gasteiger partial charge in [0, 0.05) is 31.0 Å². The van der Waals surface area contributed by atoms with Gasteiger partial charge in [-0.2, -0.15) is 0 Å². The molecular formula is C24H26N6O6. The highest BCUT2D eigenvalue weighted by molar-refractivity contribution is 6.05. The van der Waals surface area contributed by atoms with Gasteiger partial charge in [0.2, 0.25) is 11.8 Å². The fraction of sp³-hybridized carbons (Fsp3) is 0.375. The van der Waals surface area contributed by atoms with Crippen LogP contribution in [-0.4, -0.2) is 81.0 Å². The summed E-state index contributed by atoms with van der Waals surface area (Å²) in [4.78, 5) is 79.4. The summed E-state index contributed by atoms with van der Waals surface area (Å²) < 4.78 is 0. The summed E-state index contributed by atoms with van der Waals surface area (Å²) in [5.41, 5.74) is 2.65. The Hall–Kier alpha value is -4.35. The van der Waals surface area contributed by atoms with Gasteiger partial charge in [-0.15, -0.1) is 0 Å². The predicted molar refractivity (Wildman–Crippen MR) is 126 cm³/mol. The van der Waals surface area contributed by atoms with Crippen molar-refractivity contribution in [3.63, 3.8) is 0 Å². The van der Waals surface area contributed by atoms with E-state index in [1.165, 1.54) is 18.1 Å². The number of amides is 5. The lowest BCUT2D eigenvalue weighted by molar-refractivity contribution is -0.155. The maximum Gasteiger partial charge on any atom is 0.358 e. The largest absolute Gasteiger partial charge is 0.358 e. The molecule has 1 aromatic heterocycles. The summed E-state index contributed by atoms with van der Waals surface area (Å²) in [5, 5.41) is 7.11. The van der Waals surface area contributed by atoms with E-state index >= 15 is 0 Å². The number of rotatable bonds is 7. The third kappa shape index (κ3) is 5.02. The van der Waals surface area contributed by atoms with Crippen LogP contribution in [0.2, 0.25) is 0 Å². The molecule has 188 valence electrons. The number of pyridine rings is 1. The Bertz CT molecular complexity index is 1230. The number of nitrogens with zero attached hydrogens (tertiary/aromatic N) is 4. The average Bonchev–Trinajstić information content (AvgIpc) is 2.99. The molecule has 2 aliphatic heterocycles. The first kappa shape index (κ1) is 24.8. The van der Waals surface area contributed by atoms with Gasteiger partial charge in [-0.1, -0.05) is 24.3 Å². The van der Waals surface area contributed by atoms with Crippen molar-refractivity contribution in [1.82, 2.24) is 30.8 Å². The lowest BCUT2D eigenvalue weighted by atomic mass is 10.1. The predicted octanol–water partition coefficient (Wildman–Crippen LogP) is 0.576. The second kappa shape index (κ2) is 10.5. The summed E-state index contributed by atoms with van der Waals surface area (Å²) in [6.07, 6.45) is 2.39. The number of hydrogen-bond acceptors (Lipinski definition) is 7. The number of hydrogen-bond donors (Lipinski definition) is 2. The Morgan fingerprint density at radius 2 is 1.94 bits per heavy atom. The van der Waals surface area contributed by atoms with E-state index in [4.69, 9.17) is 0 Å². The van der Waals surface area contributed by atoms with Crippen LogP contribution in [0.1, 0.15) is 43.1 Å². The van der Waals surface area contributed by atoms with Crippen molar-refractivity contribution in [2.75, 3.05) is 13.1 Å². The molecule has 2 unspecified atom stereocenters. The second-order valence-corrected chi connectivity index (χ2v) is 8.68. The van der Waals surface area contributed by atoms with E-state index in [1.54, 1.807) is 18.2 Å². The fourth-order valence-electron chi connectivity index (χ4n) is 4.41. The van der Waals surface area contributed by atoms with Crippen LogP contribution in [0.25, 0.3) is 10.8 Å². The molecule has 4 rings (SSSR count). The molecule has 0 spiro atoms. The zero-order valence-corrected chi connectivity index (χ0v) is 19.7. The monoisotopic (exact) mass is 494 g/mol. The minimum absolute atomic E-state index is 0.0683. The number of carbonyl (C=O) groups is 6. The minimum atomic E-state index is -1.10. The Labute approximate surface area is 206 Å². The SMILES string of the molecule is CC(=O)CC(C=O)NC(=O)C1CCCN2C(=O)CCN(NC(=O)c3nccc4ccccc34)C(=O)N12. The molecule has 2 aliphatic rings. The molecule has 3 heterocycles. The number of hydrazine groups is 2. The van der Waals surface area contributed by atoms with E-state index in [0.717, 1.165) is 15.4 Å². The maximum absolute atomic E-state index is 13.5. The van der Waals surface area contributed by atoms with Crippen molar-refractivity contribution in [1.29, 1.82) is 0 Å². The van der Waals surface area contributed by atoms with E-state index in [-0.39, 0.29) is 49.7 Å². The van der Waals surface area contributed by atoms with Crippen LogP contribution >= 0.6 is 0 Å². The molecule has 0 bridgehead atoms. The fourth-order valence-corrected chi connectivity index (χ4v) is 4.41. The Morgan fingerprint density at radius 1 is 1.17 bits per heavy atom. The van der Waals surface area contributed by atoms with Gasteiger partial charge in [-0.05, 0) is 31.2 Å². The first-order valence-electron chi connectivity index (χ1n) is 11.6. The summed E-state index contributed by atoms with van der Waals surface area (Å²) in [6, 6.07) is 6.02. The van der Waals surface area contributed by atoms with Gasteiger partial charge in [0.25, 0.3) is 5.91 Å². The van der Waals surface area contributed by atoms with Crippen molar-refractivity contribution >= 4 is 46.6 Å². The van der Waals surface area contributed by atoms with Gasteiger partial charge in [-0.25, -0.2) is 19.8 Å². The number of urea groups is 1. The van der Waals surface area contributed by atoms with Crippen LogP contribution in [-0.2, 0) is 19.2 Å². The second-order valence-electron chi connectivity index (χ2n) is 8.68. The summed E-state index contributed by atoms with van der Waals surface area (Å²) in [5.74, 6) is -1.96. The van der Waals surface area contributed by atoms with Crippen molar-refractivity contribution in [2.45, 2.75) is 44.7 Å². The molecule has 0 saturated carbocycles. The molecule has 12 nitrogen and oxygen atoms in total. The number of nitrogens with one attached hydrogen (secondary N) is 2. The third-order valence-corrected chi connectivity index (χ3v) is 6.09. The third-order valence-electron chi connectivity index (χ3n) is 6.09. The van der Waals surface area contributed by atoms with Crippen molar-refractivity contribution < 1.29 is 28.8 Å². The van der Waals surface area contributed by atoms with Crippen LogP contribution in [0, 0.1) is 0 Å². The zero-order chi connectivity index (χ0) is 25.8. The molecular weight excluding hydrogens is 468 g/mol. The summed E-state index contributed by atoms with van der Waals surface area (Å²) >= 11 is 0. The van der Waals surface area contributed by atoms with E-state index in [2.05, 4.69) is 15.7 Å². The topological polar surface area (TPSA) is 149 Å². The molecule has 2 aromatic rings. The van der Waals surface area contributed by atoms with Crippen molar-refractivity contribution in [3.8, 4) is 0 Å². The number of aldehydes is 1. The first-order valence-corrected chi connectivity index (χ1v) is 11.6. The van der Waals surface area contributed by atoms with Crippen LogP contribution in [0.3, 0.4) is 0 Å².